The van der Waals surface area contributed by atoms with Gasteiger partial charge in [-0.3, -0.25) is 9.36 Å². The third kappa shape index (κ3) is 11.9. The Hall–Kier alpha value is 0.490. The monoisotopic (exact) mass is 466 g/mol. The number of carbonyl (C=O) groups excluding carboxylic acids is 1. The van der Waals surface area contributed by atoms with Crippen LogP contribution in [0, 0.1) is 0 Å². The van der Waals surface area contributed by atoms with Crippen LogP contribution in [0.1, 0.15) is 78.6 Å². The molecule has 9 heteroatoms. The number of hydrogen-bond donors (Lipinski definition) is 0. The van der Waals surface area contributed by atoms with Crippen molar-refractivity contribution in [3.63, 3.8) is 0 Å². The van der Waals surface area contributed by atoms with E-state index in [1.54, 1.807) is 13.8 Å². The van der Waals surface area contributed by atoms with Crippen molar-refractivity contribution in [1.82, 2.24) is 0 Å². The zero-order valence-electron chi connectivity index (χ0n) is 16.7. The van der Waals surface area contributed by atoms with E-state index in [9.17, 15) is 9.36 Å². The summed E-state index contributed by atoms with van der Waals surface area (Å²) in [4.78, 5) is 11.2. The SMILES string of the molecule is CCOC(=O)CCCCCCCCC(Cl)CC(Cl)(Cl)P(=O)(OCC)OCC. The molecule has 5 nitrogen and oxygen atoms in total. The van der Waals surface area contributed by atoms with Gasteiger partial charge >= 0.3 is 13.6 Å². The van der Waals surface area contributed by atoms with E-state index in [0.717, 1.165) is 44.9 Å². The van der Waals surface area contributed by atoms with E-state index in [0.29, 0.717) is 13.0 Å². The van der Waals surface area contributed by atoms with Gasteiger partial charge in [0, 0.05) is 18.2 Å². The summed E-state index contributed by atoms with van der Waals surface area (Å²) >= 11 is 18.9. The maximum absolute atomic E-state index is 12.7. The van der Waals surface area contributed by atoms with E-state index in [2.05, 4.69) is 0 Å². The summed E-state index contributed by atoms with van der Waals surface area (Å²) in [6.45, 7) is 6.06. The standard InChI is InChI=1S/C18H34Cl3O5P/c1-4-24-17(22)14-12-10-8-7-9-11-13-16(19)15-18(20,21)27(23,25-5-2)26-6-3/h16H,4-15H2,1-3H3. The van der Waals surface area contributed by atoms with Gasteiger partial charge in [0.15, 0.2) is 0 Å². The van der Waals surface area contributed by atoms with Crippen LogP contribution < -0.4 is 0 Å². The molecule has 1 unspecified atom stereocenters. The third-order valence-corrected chi connectivity index (χ3v) is 8.02. The van der Waals surface area contributed by atoms with Crippen LogP contribution in [0.2, 0.25) is 0 Å². The molecule has 0 aromatic rings. The molecule has 0 fully saturated rings. The number of rotatable bonds is 17. The molecule has 0 radical (unpaired) electrons. The fourth-order valence-corrected chi connectivity index (χ4v) is 5.81. The normalized spacial score (nSPS) is 13.6. The van der Waals surface area contributed by atoms with Gasteiger partial charge in [0.05, 0.1) is 19.8 Å². The highest BCUT2D eigenvalue weighted by Crippen LogP contribution is 2.66. The lowest BCUT2D eigenvalue weighted by Gasteiger charge is -2.30. The van der Waals surface area contributed by atoms with Crippen LogP contribution in [0.15, 0.2) is 0 Å². The first-order valence-electron chi connectivity index (χ1n) is 9.79. The van der Waals surface area contributed by atoms with Crippen LogP contribution in [0.5, 0.6) is 0 Å². The Kier molecular flexibility index (Phi) is 15.6. The fourth-order valence-electron chi connectivity index (χ4n) is 2.62. The molecule has 0 heterocycles. The van der Waals surface area contributed by atoms with Crippen molar-refractivity contribution >= 4 is 48.4 Å². The van der Waals surface area contributed by atoms with Crippen LogP contribution in [0.25, 0.3) is 0 Å². The highest BCUT2D eigenvalue weighted by molar-refractivity contribution is 7.60. The first-order chi connectivity index (χ1) is 12.7. The Morgan fingerprint density at radius 1 is 0.926 bits per heavy atom. The largest absolute Gasteiger partial charge is 0.466 e. The van der Waals surface area contributed by atoms with Crippen molar-refractivity contribution in [2.75, 3.05) is 19.8 Å². The summed E-state index contributed by atoms with van der Waals surface area (Å²) in [7, 11) is -3.64. The molecule has 0 aromatic heterocycles. The number of carbonyl (C=O) groups is 1. The van der Waals surface area contributed by atoms with Crippen molar-refractivity contribution < 1.29 is 23.1 Å². The predicted molar refractivity (Wildman–Crippen MR) is 113 cm³/mol. The lowest BCUT2D eigenvalue weighted by molar-refractivity contribution is -0.143. The molecule has 0 N–H and O–H groups in total. The zero-order valence-corrected chi connectivity index (χ0v) is 19.8. The van der Waals surface area contributed by atoms with Gasteiger partial charge in [0.1, 0.15) is 0 Å². The maximum atomic E-state index is 12.7. The van der Waals surface area contributed by atoms with Gasteiger partial charge < -0.3 is 13.8 Å². The summed E-state index contributed by atoms with van der Waals surface area (Å²) in [5.74, 6) is -0.121. The lowest BCUT2D eigenvalue weighted by Crippen LogP contribution is -2.22. The van der Waals surface area contributed by atoms with Gasteiger partial charge in [-0.1, -0.05) is 55.3 Å². The second kappa shape index (κ2) is 15.3. The smallest absolute Gasteiger partial charge is 0.366 e. The Morgan fingerprint density at radius 3 is 1.96 bits per heavy atom. The second-order valence-corrected chi connectivity index (χ2v) is 11.2. The topological polar surface area (TPSA) is 61.8 Å². The highest BCUT2D eigenvalue weighted by Gasteiger charge is 2.49. The molecular formula is C18H34Cl3O5P. The summed E-state index contributed by atoms with van der Waals surface area (Å²) in [6, 6.07) is 0. The Bertz CT molecular complexity index is 439. The predicted octanol–water partition coefficient (Wildman–Crippen LogP) is 7.07. The van der Waals surface area contributed by atoms with E-state index in [1.807, 2.05) is 6.92 Å². The van der Waals surface area contributed by atoms with Crippen LogP contribution in [-0.4, -0.2) is 35.2 Å². The fraction of sp³-hybridized carbons (Fsp3) is 0.944. The van der Waals surface area contributed by atoms with Crippen LogP contribution in [-0.2, 0) is 23.1 Å². The van der Waals surface area contributed by atoms with Gasteiger partial charge in [-0.2, -0.15) is 0 Å². The van der Waals surface area contributed by atoms with Crippen molar-refractivity contribution in [3.8, 4) is 0 Å². The number of ether oxygens (including phenoxy) is 1. The third-order valence-electron chi connectivity index (χ3n) is 3.92. The molecule has 1 atom stereocenters. The molecular weight excluding hydrogens is 434 g/mol. The van der Waals surface area contributed by atoms with Gasteiger partial charge in [0.2, 0.25) is 4.07 Å². The Morgan fingerprint density at radius 2 is 1.44 bits per heavy atom. The summed E-state index contributed by atoms with van der Waals surface area (Å²) in [5, 5.41) is -0.307. The van der Waals surface area contributed by atoms with Crippen LogP contribution in [0.3, 0.4) is 0 Å². The number of hydrogen-bond acceptors (Lipinski definition) is 5. The molecule has 0 rings (SSSR count). The van der Waals surface area contributed by atoms with Crippen molar-refractivity contribution in [1.29, 1.82) is 0 Å². The Labute approximate surface area is 179 Å². The van der Waals surface area contributed by atoms with Gasteiger partial charge in [-0.15, -0.1) is 11.6 Å². The minimum atomic E-state index is -3.64. The van der Waals surface area contributed by atoms with Gasteiger partial charge in [-0.25, -0.2) is 0 Å². The summed E-state index contributed by atoms with van der Waals surface area (Å²) in [5.41, 5.74) is 0. The van der Waals surface area contributed by atoms with Crippen LogP contribution >= 0.6 is 42.4 Å². The number of esters is 1. The number of halogens is 3. The first-order valence-corrected chi connectivity index (χ1v) is 12.5. The Balaban J connectivity index is 4.00. The number of unbranched alkanes of at least 4 members (excludes halogenated alkanes) is 5. The lowest BCUT2D eigenvalue weighted by atomic mass is 10.1. The van der Waals surface area contributed by atoms with E-state index in [4.69, 9.17) is 48.6 Å². The maximum Gasteiger partial charge on any atom is 0.366 e. The van der Waals surface area contributed by atoms with E-state index in [1.165, 1.54) is 0 Å². The summed E-state index contributed by atoms with van der Waals surface area (Å²) < 4.78 is 26.4. The molecule has 0 spiro atoms. The molecule has 0 aliphatic heterocycles. The first kappa shape index (κ1) is 27.5. The van der Waals surface area contributed by atoms with E-state index in [-0.39, 0.29) is 31.0 Å². The molecule has 0 aromatic carbocycles. The van der Waals surface area contributed by atoms with E-state index >= 15 is 0 Å². The molecule has 0 aliphatic carbocycles. The zero-order chi connectivity index (χ0) is 20.8. The number of alkyl halides is 3. The highest BCUT2D eigenvalue weighted by atomic mass is 35.5. The molecule has 0 bridgehead atoms. The van der Waals surface area contributed by atoms with Crippen molar-refractivity contribution in [3.05, 3.63) is 0 Å². The quantitative estimate of drug-likeness (QED) is 0.0991. The minimum absolute atomic E-state index is 0.121. The average molecular weight is 468 g/mol. The second-order valence-electron chi connectivity index (χ2n) is 6.27. The molecule has 0 saturated heterocycles. The van der Waals surface area contributed by atoms with Crippen molar-refractivity contribution in [2.24, 2.45) is 0 Å². The molecule has 0 saturated carbocycles. The van der Waals surface area contributed by atoms with Crippen molar-refractivity contribution in [2.45, 2.75) is 88.0 Å². The van der Waals surface area contributed by atoms with Gasteiger partial charge in [-0.05, 0) is 33.6 Å². The average Bonchev–Trinajstić information content (AvgIpc) is 2.57. The summed E-state index contributed by atoms with van der Waals surface area (Å²) in [6.07, 6.45) is 7.35. The van der Waals surface area contributed by atoms with Crippen LogP contribution in [0.4, 0.5) is 0 Å². The minimum Gasteiger partial charge on any atom is -0.466 e. The molecule has 162 valence electrons. The van der Waals surface area contributed by atoms with Gasteiger partial charge in [0.25, 0.3) is 0 Å². The van der Waals surface area contributed by atoms with E-state index < -0.39 is 11.7 Å². The molecule has 0 amide bonds. The molecule has 27 heavy (non-hydrogen) atoms. The molecule has 0 aliphatic rings.